The topological polar surface area (TPSA) is 76.2 Å². The normalized spacial score (nSPS) is 32.3. The van der Waals surface area contributed by atoms with E-state index in [-0.39, 0.29) is 5.78 Å². The summed E-state index contributed by atoms with van der Waals surface area (Å²) in [7, 11) is 2.46. The number of hydrazine groups is 1. The molecular formula is C16H24N2O5. The Morgan fingerprint density at radius 2 is 1.30 bits per heavy atom. The number of hydrogen-bond donors (Lipinski definition) is 0. The predicted octanol–water partition coefficient (Wildman–Crippen LogP) is 2.51. The number of amides is 2. The Hall–Kier alpha value is -2.05. The lowest BCUT2D eigenvalue weighted by atomic mass is 9.53. The fraction of sp³-hybridized carbons (Fsp3) is 0.688. The van der Waals surface area contributed by atoms with E-state index in [2.05, 4.69) is 0 Å². The first-order valence-electron chi connectivity index (χ1n) is 7.43. The monoisotopic (exact) mass is 324 g/mol. The predicted molar refractivity (Wildman–Crippen MR) is 82.5 cm³/mol. The van der Waals surface area contributed by atoms with Crippen LogP contribution in [0.5, 0.6) is 0 Å². The maximum Gasteiger partial charge on any atom is 0.429 e. The summed E-state index contributed by atoms with van der Waals surface area (Å²) in [4.78, 5) is 38.1. The van der Waals surface area contributed by atoms with Crippen molar-refractivity contribution in [2.24, 2.45) is 5.41 Å². The summed E-state index contributed by atoms with van der Waals surface area (Å²) in [5, 5.41) is 2.32. The van der Waals surface area contributed by atoms with Crippen LogP contribution in [0.2, 0.25) is 0 Å². The van der Waals surface area contributed by atoms with E-state index >= 15 is 0 Å². The van der Waals surface area contributed by atoms with Gasteiger partial charge in [-0.15, -0.1) is 0 Å². The first-order chi connectivity index (χ1) is 10.4. The van der Waals surface area contributed by atoms with Gasteiger partial charge >= 0.3 is 12.2 Å². The summed E-state index contributed by atoms with van der Waals surface area (Å²) in [6.45, 7) is 10.7. The van der Waals surface area contributed by atoms with Crippen LogP contribution >= 0.6 is 0 Å². The zero-order valence-corrected chi connectivity index (χ0v) is 14.9. The second kappa shape index (κ2) is 4.72. The number of rotatable bonds is 0. The average Bonchev–Trinajstić information content (AvgIpc) is 2.52. The molecule has 0 aromatic rings. The van der Waals surface area contributed by atoms with Gasteiger partial charge in [0, 0.05) is 0 Å². The minimum atomic E-state index is -1.30. The van der Waals surface area contributed by atoms with Crippen molar-refractivity contribution in [2.75, 3.05) is 14.2 Å². The maximum atomic E-state index is 13.2. The molecule has 2 atom stereocenters. The summed E-state index contributed by atoms with van der Waals surface area (Å²) in [6, 6.07) is 0. The third-order valence-electron chi connectivity index (χ3n) is 5.99. The quantitative estimate of drug-likeness (QED) is 0.640. The Balaban J connectivity index is 2.91. The van der Waals surface area contributed by atoms with Crippen molar-refractivity contribution in [3.63, 3.8) is 0 Å². The summed E-state index contributed by atoms with van der Waals surface area (Å²) < 4.78 is 9.73. The number of ketones is 1. The van der Waals surface area contributed by atoms with Gasteiger partial charge in [0.15, 0.2) is 5.78 Å². The first-order valence-corrected chi connectivity index (χ1v) is 7.43. The van der Waals surface area contributed by atoms with Crippen molar-refractivity contribution < 1.29 is 23.9 Å². The number of carbonyl (C=O) groups is 3. The molecular weight excluding hydrogens is 300 g/mol. The van der Waals surface area contributed by atoms with Crippen molar-refractivity contribution >= 4 is 18.0 Å². The van der Waals surface area contributed by atoms with Crippen LogP contribution in [-0.2, 0) is 14.3 Å². The molecule has 1 fully saturated rings. The summed E-state index contributed by atoms with van der Waals surface area (Å²) in [5.41, 5.74) is -1.62. The highest BCUT2D eigenvalue weighted by Gasteiger charge is 2.72. The van der Waals surface area contributed by atoms with E-state index < -0.39 is 28.7 Å². The lowest BCUT2D eigenvalue weighted by Crippen LogP contribution is -2.83. The third kappa shape index (κ3) is 1.62. The molecule has 0 unspecified atom stereocenters. The molecule has 2 bridgehead atoms. The molecule has 0 aromatic heterocycles. The Kier molecular flexibility index (Phi) is 3.55. The minimum Gasteiger partial charge on any atom is -0.451 e. The van der Waals surface area contributed by atoms with Crippen LogP contribution in [0.15, 0.2) is 11.1 Å². The van der Waals surface area contributed by atoms with Crippen molar-refractivity contribution in [3.8, 4) is 0 Å². The summed E-state index contributed by atoms with van der Waals surface area (Å²) >= 11 is 0. The Morgan fingerprint density at radius 1 is 0.870 bits per heavy atom. The number of fused-ring (bicyclic) bond motifs is 2. The van der Waals surface area contributed by atoms with Gasteiger partial charge < -0.3 is 9.47 Å². The number of nitrogens with zero attached hydrogens (tertiary/aromatic N) is 2. The molecule has 7 heteroatoms. The zero-order chi connectivity index (χ0) is 18.0. The second-order valence-corrected chi connectivity index (χ2v) is 6.91. The van der Waals surface area contributed by atoms with E-state index in [0.29, 0.717) is 0 Å². The van der Waals surface area contributed by atoms with Crippen molar-refractivity contribution in [1.82, 2.24) is 10.0 Å². The number of ether oxygens (including phenoxy) is 2. The van der Waals surface area contributed by atoms with E-state index in [1.165, 1.54) is 19.2 Å². The van der Waals surface area contributed by atoms with Gasteiger partial charge in [0.1, 0.15) is 5.54 Å². The molecule has 1 saturated heterocycles. The van der Waals surface area contributed by atoms with Crippen molar-refractivity contribution in [1.29, 1.82) is 0 Å². The van der Waals surface area contributed by atoms with Crippen LogP contribution in [0.25, 0.3) is 0 Å². The molecule has 0 N–H and O–H groups in total. The molecule has 0 aromatic carbocycles. The molecule has 3 rings (SSSR count). The molecule has 7 nitrogen and oxygen atoms in total. The third-order valence-corrected chi connectivity index (χ3v) is 5.99. The van der Waals surface area contributed by atoms with Gasteiger partial charge in [-0.05, 0) is 38.8 Å². The van der Waals surface area contributed by atoms with Crippen molar-refractivity contribution in [2.45, 2.75) is 52.6 Å². The number of hydrogen-bond acceptors (Lipinski definition) is 5. The molecule has 2 amide bonds. The molecule has 0 spiro atoms. The van der Waals surface area contributed by atoms with Crippen LogP contribution in [0.1, 0.15) is 41.5 Å². The molecule has 23 heavy (non-hydrogen) atoms. The molecule has 0 saturated carbocycles. The highest BCUT2D eigenvalue weighted by molar-refractivity contribution is 6.04. The second-order valence-electron chi connectivity index (χ2n) is 6.91. The van der Waals surface area contributed by atoms with Gasteiger partial charge in [-0.1, -0.05) is 13.8 Å². The van der Waals surface area contributed by atoms with Crippen LogP contribution in [0, 0.1) is 5.41 Å². The Morgan fingerprint density at radius 3 is 1.74 bits per heavy atom. The van der Waals surface area contributed by atoms with Gasteiger partial charge in [-0.3, -0.25) is 4.79 Å². The summed E-state index contributed by atoms with van der Waals surface area (Å²) in [5.74, 6) is -0.138. The maximum absolute atomic E-state index is 13.2. The van der Waals surface area contributed by atoms with E-state index in [1.807, 2.05) is 13.8 Å². The number of Topliss-reactive ketones (excluding diaryl/α,β-unsaturated/α-hetero) is 1. The fourth-order valence-electron chi connectivity index (χ4n) is 3.98. The lowest BCUT2D eigenvalue weighted by molar-refractivity contribution is -0.197. The Labute approximate surface area is 136 Å². The molecule has 128 valence electrons. The lowest BCUT2D eigenvalue weighted by Gasteiger charge is -2.67. The minimum absolute atomic E-state index is 0.138. The molecule has 2 aliphatic heterocycles. The van der Waals surface area contributed by atoms with Crippen LogP contribution in [0.4, 0.5) is 9.59 Å². The van der Waals surface area contributed by atoms with E-state index in [9.17, 15) is 14.4 Å². The molecule has 1 aliphatic carbocycles. The highest BCUT2D eigenvalue weighted by Crippen LogP contribution is 2.58. The Bertz CT molecular complexity index is 638. The van der Waals surface area contributed by atoms with Crippen LogP contribution < -0.4 is 0 Å². The van der Waals surface area contributed by atoms with Gasteiger partial charge in [-0.2, -0.15) is 5.01 Å². The molecule has 2 heterocycles. The molecule has 3 aliphatic rings. The van der Waals surface area contributed by atoms with Crippen LogP contribution in [-0.4, -0.2) is 53.3 Å². The fourth-order valence-corrected chi connectivity index (χ4v) is 3.98. The van der Waals surface area contributed by atoms with Gasteiger partial charge in [0.2, 0.25) is 0 Å². The SMILES string of the molecule is COC(=O)N1N(C(=O)OC)[C@]2(C)C(C)=C(C)[C@@]1(C)C(=O)C2(C)C. The summed E-state index contributed by atoms with van der Waals surface area (Å²) in [6.07, 6.45) is -1.49. The number of methoxy groups -OCH3 is 2. The van der Waals surface area contributed by atoms with Crippen molar-refractivity contribution in [3.05, 3.63) is 11.1 Å². The van der Waals surface area contributed by atoms with E-state index in [1.54, 1.807) is 27.7 Å². The largest absolute Gasteiger partial charge is 0.451 e. The van der Waals surface area contributed by atoms with E-state index in [4.69, 9.17) is 9.47 Å². The number of carbonyl (C=O) groups excluding carboxylic acids is 3. The van der Waals surface area contributed by atoms with Gasteiger partial charge in [0.05, 0.1) is 25.2 Å². The van der Waals surface area contributed by atoms with Gasteiger partial charge in [-0.25, -0.2) is 14.6 Å². The van der Waals surface area contributed by atoms with Gasteiger partial charge in [0.25, 0.3) is 0 Å². The average molecular weight is 324 g/mol. The van der Waals surface area contributed by atoms with E-state index in [0.717, 1.165) is 16.2 Å². The first kappa shape index (κ1) is 17.3. The highest BCUT2D eigenvalue weighted by atomic mass is 16.6. The zero-order valence-electron chi connectivity index (χ0n) is 14.9. The molecule has 0 radical (unpaired) electrons. The smallest absolute Gasteiger partial charge is 0.429 e. The standard InChI is InChI=1S/C16H24N2O5/c1-9-10(2)16(6)14(3,4)11(19)15(9,5)17(12(20)22-7)18(16)13(21)23-8/h1-8H3/t15-,16+/m0/s1. The van der Waals surface area contributed by atoms with Crippen LogP contribution in [0.3, 0.4) is 0 Å².